The van der Waals surface area contributed by atoms with Gasteiger partial charge < -0.3 is 10.0 Å². The van der Waals surface area contributed by atoms with Gasteiger partial charge in [-0.15, -0.1) is 0 Å². The number of rotatable bonds is 0. The molecule has 1 aromatic rings. The summed E-state index contributed by atoms with van der Waals surface area (Å²) in [5.41, 5.74) is 2.70. The fourth-order valence-electron chi connectivity index (χ4n) is 2.11. The number of anilines is 1. The second kappa shape index (κ2) is 4.92. The fraction of sp³-hybridized carbons (Fsp3) is 0.467. The lowest BCUT2D eigenvalue weighted by molar-refractivity contribution is 0.149. The third kappa shape index (κ3) is 2.09. The number of fused-ring (bicyclic) bond motifs is 1. The highest BCUT2D eigenvalue weighted by molar-refractivity contribution is 5.82. The molecule has 2 nitrogen and oxygen atoms in total. The maximum absolute atomic E-state index is 10.2. The molecule has 0 bridgehead atoms. The van der Waals surface area contributed by atoms with Gasteiger partial charge in [0.1, 0.15) is 6.10 Å². The molecule has 1 heterocycles. The Bertz CT molecular complexity index is 409. The zero-order chi connectivity index (χ0) is 13.2. The average Bonchev–Trinajstić information content (AvgIpc) is 2.37. The van der Waals surface area contributed by atoms with Crippen LogP contribution in [0.2, 0.25) is 0 Å². The van der Waals surface area contributed by atoms with Gasteiger partial charge in [0, 0.05) is 18.3 Å². The van der Waals surface area contributed by atoms with Gasteiger partial charge in [-0.05, 0) is 25.5 Å². The van der Waals surface area contributed by atoms with Crippen molar-refractivity contribution in [2.75, 3.05) is 11.9 Å². The Hall–Kier alpha value is -1.28. The molecule has 2 heteroatoms. The van der Waals surface area contributed by atoms with Crippen molar-refractivity contribution in [3.63, 3.8) is 0 Å². The number of nitrogens with zero attached hydrogens (tertiary/aromatic N) is 1. The van der Waals surface area contributed by atoms with Gasteiger partial charge in [-0.25, -0.2) is 0 Å². The Morgan fingerprint density at radius 2 is 1.76 bits per heavy atom. The quantitative estimate of drug-likeness (QED) is 0.743. The number of likely N-dealkylation sites (N-methyl/N-ethyl adjacent to an activating group) is 1. The lowest BCUT2D eigenvalue weighted by Gasteiger charge is -2.46. The zero-order valence-corrected chi connectivity index (χ0v) is 11.5. The minimum Gasteiger partial charge on any atom is -0.386 e. The van der Waals surface area contributed by atoms with Crippen LogP contribution in [0.1, 0.15) is 33.3 Å². The number of aliphatic hydroxyl groups excluding tert-OH is 1. The van der Waals surface area contributed by atoms with E-state index in [4.69, 9.17) is 0 Å². The second-order valence-corrected chi connectivity index (χ2v) is 4.66. The maximum Gasteiger partial charge on any atom is 0.102 e. The van der Waals surface area contributed by atoms with E-state index < -0.39 is 6.10 Å². The van der Waals surface area contributed by atoms with Gasteiger partial charge in [-0.1, -0.05) is 38.6 Å². The van der Waals surface area contributed by atoms with Gasteiger partial charge in [0.2, 0.25) is 0 Å². The Kier molecular flexibility index (Phi) is 3.99. The van der Waals surface area contributed by atoms with Crippen LogP contribution in [0.4, 0.5) is 5.69 Å². The van der Waals surface area contributed by atoms with Crippen LogP contribution < -0.4 is 4.90 Å². The molecule has 1 aliphatic heterocycles. The van der Waals surface area contributed by atoms with Crippen molar-refractivity contribution in [1.29, 1.82) is 0 Å². The van der Waals surface area contributed by atoms with Crippen LogP contribution in [0.15, 0.2) is 30.8 Å². The number of para-hydroxylation sites is 1. The predicted octanol–water partition coefficient (Wildman–Crippen LogP) is 3.32. The summed E-state index contributed by atoms with van der Waals surface area (Å²) in [6, 6.07) is 8.06. The van der Waals surface area contributed by atoms with E-state index in [0.717, 1.165) is 16.8 Å². The van der Waals surface area contributed by atoms with E-state index in [1.165, 1.54) is 0 Å². The predicted molar refractivity (Wildman–Crippen MR) is 75.3 cm³/mol. The second-order valence-electron chi connectivity index (χ2n) is 4.66. The van der Waals surface area contributed by atoms with Gasteiger partial charge in [0.25, 0.3) is 0 Å². The first-order valence-electron chi connectivity index (χ1n) is 6.16. The molecule has 94 valence electrons. The monoisotopic (exact) mass is 233 g/mol. The highest BCUT2D eigenvalue weighted by Crippen LogP contribution is 2.40. The molecule has 1 aromatic carbocycles. The molecule has 0 saturated carbocycles. The molecule has 1 aliphatic rings. The fourth-order valence-corrected chi connectivity index (χ4v) is 2.11. The van der Waals surface area contributed by atoms with E-state index in [1.807, 2.05) is 52.9 Å². The van der Waals surface area contributed by atoms with Crippen LogP contribution in [-0.2, 0) is 0 Å². The average molecular weight is 233 g/mol. The summed E-state index contributed by atoms with van der Waals surface area (Å²) in [5, 5.41) is 10.2. The van der Waals surface area contributed by atoms with Crippen LogP contribution in [-0.4, -0.2) is 23.8 Å². The Balaban J connectivity index is 0.000000686. The summed E-state index contributed by atoms with van der Waals surface area (Å²) in [7, 11) is 2.01. The molecule has 1 unspecified atom stereocenters. The van der Waals surface area contributed by atoms with Crippen LogP contribution in [0.25, 0.3) is 5.57 Å². The largest absolute Gasteiger partial charge is 0.386 e. The van der Waals surface area contributed by atoms with Crippen molar-refractivity contribution in [3.8, 4) is 0 Å². The Labute approximate surface area is 105 Å². The Morgan fingerprint density at radius 3 is 2.35 bits per heavy atom. The molecule has 0 radical (unpaired) electrons. The smallest absolute Gasteiger partial charge is 0.102 e. The Morgan fingerprint density at radius 1 is 1.24 bits per heavy atom. The summed E-state index contributed by atoms with van der Waals surface area (Å²) in [5.74, 6) is 0. The molecular formula is C15H23NO. The molecule has 2 rings (SSSR count). The van der Waals surface area contributed by atoms with E-state index in [1.54, 1.807) is 0 Å². The molecule has 0 saturated heterocycles. The van der Waals surface area contributed by atoms with E-state index in [9.17, 15) is 5.11 Å². The molecule has 0 amide bonds. The van der Waals surface area contributed by atoms with E-state index >= 15 is 0 Å². The van der Waals surface area contributed by atoms with Gasteiger partial charge in [0.05, 0.1) is 5.54 Å². The van der Waals surface area contributed by atoms with Crippen molar-refractivity contribution in [1.82, 2.24) is 0 Å². The van der Waals surface area contributed by atoms with Gasteiger partial charge >= 0.3 is 0 Å². The number of hydrogen-bond donors (Lipinski definition) is 1. The molecule has 0 spiro atoms. The highest BCUT2D eigenvalue weighted by atomic mass is 16.3. The SMILES string of the molecule is C=C1c2ccccc2N(C)C(C)(C)C1O.CC. The molecule has 0 fully saturated rings. The molecule has 0 aromatic heterocycles. The molecule has 17 heavy (non-hydrogen) atoms. The number of benzene rings is 1. The van der Waals surface area contributed by atoms with Crippen LogP contribution >= 0.6 is 0 Å². The number of hydrogen-bond acceptors (Lipinski definition) is 2. The van der Waals surface area contributed by atoms with E-state index in [-0.39, 0.29) is 5.54 Å². The van der Waals surface area contributed by atoms with Crippen molar-refractivity contribution >= 4 is 11.3 Å². The highest BCUT2D eigenvalue weighted by Gasteiger charge is 2.39. The van der Waals surface area contributed by atoms with Crippen molar-refractivity contribution < 1.29 is 5.11 Å². The minimum absolute atomic E-state index is 0.300. The lowest BCUT2D eigenvalue weighted by Crippen LogP contribution is -2.54. The number of aliphatic hydroxyl groups is 1. The van der Waals surface area contributed by atoms with Crippen LogP contribution in [0, 0.1) is 0 Å². The molecule has 1 atom stereocenters. The lowest BCUT2D eigenvalue weighted by atomic mass is 9.81. The van der Waals surface area contributed by atoms with Gasteiger partial charge in [0.15, 0.2) is 0 Å². The summed E-state index contributed by atoms with van der Waals surface area (Å²) >= 11 is 0. The maximum atomic E-state index is 10.2. The van der Waals surface area contributed by atoms with Crippen molar-refractivity contribution in [3.05, 3.63) is 36.4 Å². The first kappa shape index (κ1) is 13.8. The summed E-state index contributed by atoms with van der Waals surface area (Å²) < 4.78 is 0. The molecular weight excluding hydrogens is 210 g/mol. The molecule has 1 N–H and O–H groups in total. The minimum atomic E-state index is -0.516. The van der Waals surface area contributed by atoms with Crippen LogP contribution in [0.5, 0.6) is 0 Å². The normalized spacial score (nSPS) is 21.4. The summed E-state index contributed by atoms with van der Waals surface area (Å²) in [6.45, 7) is 12.0. The van der Waals surface area contributed by atoms with Crippen LogP contribution in [0.3, 0.4) is 0 Å². The summed E-state index contributed by atoms with van der Waals surface area (Å²) in [4.78, 5) is 2.11. The molecule has 0 aliphatic carbocycles. The van der Waals surface area contributed by atoms with Gasteiger partial charge in [-0.3, -0.25) is 0 Å². The summed E-state index contributed by atoms with van der Waals surface area (Å²) in [6.07, 6.45) is -0.516. The zero-order valence-electron chi connectivity index (χ0n) is 11.5. The van der Waals surface area contributed by atoms with E-state index in [0.29, 0.717) is 0 Å². The first-order chi connectivity index (χ1) is 7.96. The third-order valence-electron chi connectivity index (χ3n) is 3.48. The third-order valence-corrected chi connectivity index (χ3v) is 3.48. The van der Waals surface area contributed by atoms with E-state index in [2.05, 4.69) is 17.5 Å². The van der Waals surface area contributed by atoms with Gasteiger partial charge in [-0.2, -0.15) is 0 Å². The first-order valence-corrected chi connectivity index (χ1v) is 6.16. The topological polar surface area (TPSA) is 23.5 Å². The van der Waals surface area contributed by atoms with Crippen molar-refractivity contribution in [2.45, 2.75) is 39.3 Å². The standard InChI is InChI=1S/C13H17NO.C2H6/c1-9-10-7-5-6-8-11(10)14(4)13(2,3)12(9)15;1-2/h5-8,12,15H,1H2,2-4H3;1-2H3. The van der Waals surface area contributed by atoms with Crippen molar-refractivity contribution in [2.24, 2.45) is 0 Å².